The predicted molar refractivity (Wildman–Crippen MR) is 114 cm³/mol. The highest BCUT2D eigenvalue weighted by atomic mass is 35.5. The molecule has 1 heterocycles. The summed E-state index contributed by atoms with van der Waals surface area (Å²) >= 11 is 0. The Morgan fingerprint density at radius 1 is 1.29 bits per heavy atom. The number of rotatable bonds is 11. The van der Waals surface area contributed by atoms with Gasteiger partial charge in [-0.15, -0.1) is 12.4 Å². The Labute approximate surface area is 186 Å². The van der Waals surface area contributed by atoms with Crippen molar-refractivity contribution in [3.05, 3.63) is 29.8 Å². The SMILES string of the molecule is CC(=O)O[C@@H]1[C@@H](O)CN[C@@H]1Cc1ccc(OCC(=O)NCCC[C@H](N)C(=O)O)cc1.Cl. The van der Waals surface area contributed by atoms with Crippen LogP contribution in [0, 0.1) is 0 Å². The second kappa shape index (κ2) is 13.1. The first-order valence-electron chi connectivity index (χ1n) is 9.81. The van der Waals surface area contributed by atoms with Crippen LogP contribution in [-0.2, 0) is 25.5 Å². The maximum atomic E-state index is 11.8. The number of aliphatic carboxylic acids is 1. The Kier molecular flexibility index (Phi) is 11.3. The highest BCUT2D eigenvalue weighted by Gasteiger charge is 2.37. The number of β-amino-alcohol motifs (C(OH)–C–C–N with tert-alkyl or cyclic N) is 1. The van der Waals surface area contributed by atoms with Crippen LogP contribution in [0.4, 0.5) is 0 Å². The normalized spacial score (nSPS) is 20.9. The van der Waals surface area contributed by atoms with Crippen molar-refractivity contribution in [1.82, 2.24) is 10.6 Å². The molecule has 1 fully saturated rings. The van der Waals surface area contributed by atoms with E-state index in [9.17, 15) is 19.5 Å². The van der Waals surface area contributed by atoms with Crippen LogP contribution in [0.1, 0.15) is 25.3 Å². The second-order valence-electron chi connectivity index (χ2n) is 7.23. The molecular formula is C20H30ClN3O7. The number of carboxylic acids is 1. The van der Waals surface area contributed by atoms with E-state index >= 15 is 0 Å². The molecule has 1 aliphatic heterocycles. The highest BCUT2D eigenvalue weighted by molar-refractivity contribution is 5.85. The van der Waals surface area contributed by atoms with Gasteiger partial charge in [0.15, 0.2) is 6.61 Å². The van der Waals surface area contributed by atoms with E-state index in [0.29, 0.717) is 31.7 Å². The fourth-order valence-corrected chi connectivity index (χ4v) is 3.16. The highest BCUT2D eigenvalue weighted by Crippen LogP contribution is 2.19. The Morgan fingerprint density at radius 3 is 2.58 bits per heavy atom. The van der Waals surface area contributed by atoms with Crippen LogP contribution in [0.25, 0.3) is 0 Å². The summed E-state index contributed by atoms with van der Waals surface area (Å²) in [6.07, 6.45) is -0.0178. The van der Waals surface area contributed by atoms with Gasteiger partial charge in [-0.05, 0) is 37.0 Å². The molecule has 0 saturated carbocycles. The van der Waals surface area contributed by atoms with Gasteiger partial charge in [-0.25, -0.2) is 0 Å². The number of carboxylic acid groups (broad SMARTS) is 1. The first kappa shape index (κ1) is 26.6. The number of aliphatic hydroxyl groups is 1. The predicted octanol–water partition coefficient (Wildman–Crippen LogP) is -0.398. The maximum absolute atomic E-state index is 11.8. The lowest BCUT2D eigenvalue weighted by molar-refractivity contribution is -0.151. The molecule has 0 spiro atoms. The number of carbonyl (C=O) groups is 3. The minimum Gasteiger partial charge on any atom is -0.484 e. The molecule has 1 amide bonds. The first-order chi connectivity index (χ1) is 14.3. The maximum Gasteiger partial charge on any atom is 0.320 e. The molecule has 0 bridgehead atoms. The standard InChI is InChI=1S/C20H29N3O7.ClH/c1-12(24)30-19-16(23-10-17(19)25)9-13-4-6-14(7-5-13)29-11-18(26)22-8-2-3-15(21)20(27)28;/h4-7,15-17,19,23,25H,2-3,8-11,21H2,1H3,(H,22,26)(H,27,28);1H/t15-,16+,17-,19-;/m0./s1. The molecule has 0 unspecified atom stereocenters. The van der Waals surface area contributed by atoms with Crippen LogP contribution in [0.5, 0.6) is 5.75 Å². The Balaban J connectivity index is 0.00000480. The average molecular weight is 460 g/mol. The molecular weight excluding hydrogens is 430 g/mol. The quantitative estimate of drug-likeness (QED) is 0.219. The van der Waals surface area contributed by atoms with Gasteiger partial charge in [0.1, 0.15) is 24.0 Å². The summed E-state index contributed by atoms with van der Waals surface area (Å²) in [4.78, 5) is 33.6. The Bertz CT molecular complexity index is 732. The third-order valence-electron chi connectivity index (χ3n) is 4.75. The minimum absolute atomic E-state index is 0. The fraction of sp³-hybridized carbons (Fsp3) is 0.550. The summed E-state index contributed by atoms with van der Waals surface area (Å²) in [7, 11) is 0. The van der Waals surface area contributed by atoms with Crippen molar-refractivity contribution >= 4 is 30.3 Å². The molecule has 0 aromatic heterocycles. The van der Waals surface area contributed by atoms with Crippen LogP contribution >= 0.6 is 12.4 Å². The summed E-state index contributed by atoms with van der Waals surface area (Å²) in [6.45, 7) is 1.84. The van der Waals surface area contributed by atoms with Gasteiger partial charge in [0.2, 0.25) is 0 Å². The van der Waals surface area contributed by atoms with Crippen molar-refractivity contribution in [3.63, 3.8) is 0 Å². The number of ether oxygens (including phenoxy) is 2. The van der Waals surface area contributed by atoms with E-state index in [-0.39, 0.29) is 37.4 Å². The molecule has 1 aromatic carbocycles. The molecule has 1 aromatic rings. The lowest BCUT2D eigenvalue weighted by Gasteiger charge is -2.21. The van der Waals surface area contributed by atoms with E-state index in [1.165, 1.54) is 6.92 Å². The molecule has 1 aliphatic rings. The fourth-order valence-electron chi connectivity index (χ4n) is 3.16. The van der Waals surface area contributed by atoms with E-state index in [4.69, 9.17) is 20.3 Å². The number of carbonyl (C=O) groups excluding carboxylic acids is 2. The van der Waals surface area contributed by atoms with Gasteiger partial charge >= 0.3 is 11.9 Å². The molecule has 4 atom stereocenters. The number of nitrogens with two attached hydrogens (primary N) is 1. The molecule has 6 N–H and O–H groups in total. The number of halogens is 1. The van der Waals surface area contributed by atoms with Gasteiger partial charge in [-0.3, -0.25) is 14.4 Å². The smallest absolute Gasteiger partial charge is 0.320 e. The van der Waals surface area contributed by atoms with E-state index in [0.717, 1.165) is 5.56 Å². The molecule has 1 saturated heterocycles. The van der Waals surface area contributed by atoms with Crippen LogP contribution in [0.2, 0.25) is 0 Å². The third-order valence-corrected chi connectivity index (χ3v) is 4.75. The summed E-state index contributed by atoms with van der Waals surface area (Å²) < 4.78 is 10.6. The van der Waals surface area contributed by atoms with E-state index in [2.05, 4.69) is 10.6 Å². The van der Waals surface area contributed by atoms with Crippen molar-refractivity contribution in [2.45, 2.75) is 50.5 Å². The number of amides is 1. The molecule has 11 heteroatoms. The summed E-state index contributed by atoms with van der Waals surface area (Å²) in [6, 6.07) is 6.05. The van der Waals surface area contributed by atoms with E-state index < -0.39 is 30.2 Å². The van der Waals surface area contributed by atoms with Crippen molar-refractivity contribution in [3.8, 4) is 5.75 Å². The number of benzene rings is 1. The lowest BCUT2D eigenvalue weighted by Crippen LogP contribution is -2.38. The molecule has 2 rings (SSSR count). The topological polar surface area (TPSA) is 160 Å². The molecule has 31 heavy (non-hydrogen) atoms. The zero-order valence-corrected chi connectivity index (χ0v) is 18.1. The zero-order valence-electron chi connectivity index (χ0n) is 17.3. The number of hydrogen-bond donors (Lipinski definition) is 5. The summed E-state index contributed by atoms with van der Waals surface area (Å²) in [5.74, 6) is -1.27. The molecule has 10 nitrogen and oxygen atoms in total. The minimum atomic E-state index is -1.06. The van der Waals surface area contributed by atoms with Crippen molar-refractivity contribution in [1.29, 1.82) is 0 Å². The largest absolute Gasteiger partial charge is 0.484 e. The molecule has 174 valence electrons. The molecule has 0 radical (unpaired) electrons. The van der Waals surface area contributed by atoms with Crippen molar-refractivity contribution < 1.29 is 34.1 Å². The van der Waals surface area contributed by atoms with E-state index in [1.807, 2.05) is 12.1 Å². The van der Waals surface area contributed by atoms with Gasteiger partial charge in [0, 0.05) is 20.0 Å². The summed E-state index contributed by atoms with van der Waals surface area (Å²) in [5.41, 5.74) is 6.36. The summed E-state index contributed by atoms with van der Waals surface area (Å²) in [5, 5.41) is 24.4. The second-order valence-corrected chi connectivity index (χ2v) is 7.23. The van der Waals surface area contributed by atoms with Crippen molar-refractivity contribution in [2.24, 2.45) is 5.73 Å². The van der Waals surface area contributed by atoms with Gasteiger partial charge < -0.3 is 36.1 Å². The number of esters is 1. The average Bonchev–Trinajstić information content (AvgIpc) is 3.03. The van der Waals surface area contributed by atoms with Crippen LogP contribution in [0.15, 0.2) is 24.3 Å². The van der Waals surface area contributed by atoms with Gasteiger partial charge in [-0.1, -0.05) is 12.1 Å². The molecule has 0 aliphatic carbocycles. The number of nitrogens with one attached hydrogen (secondary N) is 2. The lowest BCUT2D eigenvalue weighted by atomic mass is 10.0. The Hall–Kier alpha value is -2.40. The van der Waals surface area contributed by atoms with E-state index in [1.54, 1.807) is 12.1 Å². The monoisotopic (exact) mass is 459 g/mol. The zero-order chi connectivity index (χ0) is 22.1. The van der Waals surface area contributed by atoms with Crippen LogP contribution in [-0.4, -0.2) is 72.0 Å². The van der Waals surface area contributed by atoms with Crippen LogP contribution in [0.3, 0.4) is 0 Å². The van der Waals surface area contributed by atoms with Gasteiger partial charge in [0.05, 0.1) is 6.04 Å². The number of hydrogen-bond acceptors (Lipinski definition) is 8. The van der Waals surface area contributed by atoms with Gasteiger partial charge in [-0.2, -0.15) is 0 Å². The van der Waals surface area contributed by atoms with Crippen LogP contribution < -0.4 is 21.1 Å². The van der Waals surface area contributed by atoms with Gasteiger partial charge in [0.25, 0.3) is 5.91 Å². The van der Waals surface area contributed by atoms with Crippen molar-refractivity contribution in [2.75, 3.05) is 19.7 Å². The Morgan fingerprint density at radius 2 is 1.97 bits per heavy atom. The number of aliphatic hydroxyl groups excluding tert-OH is 1. The third kappa shape index (κ3) is 9.09. The first-order valence-corrected chi connectivity index (χ1v) is 9.81.